The summed E-state index contributed by atoms with van der Waals surface area (Å²) in [6, 6.07) is 2.44. The van der Waals surface area contributed by atoms with E-state index in [1.807, 2.05) is 6.92 Å². The molecule has 116 valence electrons. The monoisotopic (exact) mass is 334 g/mol. The Bertz CT molecular complexity index is 669. The summed E-state index contributed by atoms with van der Waals surface area (Å²) in [4.78, 5) is -0.157. The van der Waals surface area contributed by atoms with Crippen molar-refractivity contribution in [1.82, 2.24) is 4.31 Å². The molecule has 1 saturated heterocycles. The lowest BCUT2D eigenvalue weighted by molar-refractivity contribution is 0.243. The first-order chi connectivity index (χ1) is 9.67. The Kier molecular flexibility index (Phi) is 4.32. The number of rotatable bonds is 3. The van der Waals surface area contributed by atoms with Crippen LogP contribution >= 0.6 is 12.2 Å². The van der Waals surface area contributed by atoms with Crippen LogP contribution in [0.5, 0.6) is 0 Å². The number of thiocarbonyl (C=S) groups is 1. The van der Waals surface area contributed by atoms with Gasteiger partial charge in [-0.15, -0.1) is 0 Å². The average Bonchev–Trinajstić information content (AvgIpc) is 2.38. The van der Waals surface area contributed by atoms with Gasteiger partial charge in [0.25, 0.3) is 0 Å². The average molecular weight is 334 g/mol. The van der Waals surface area contributed by atoms with Gasteiger partial charge in [0, 0.05) is 24.6 Å². The van der Waals surface area contributed by atoms with Gasteiger partial charge in [0.05, 0.1) is 4.99 Å². The van der Waals surface area contributed by atoms with E-state index in [1.165, 1.54) is 4.31 Å². The van der Waals surface area contributed by atoms with Crippen LogP contribution in [-0.2, 0) is 10.0 Å². The first-order valence-corrected chi connectivity index (χ1v) is 8.27. The zero-order valence-corrected chi connectivity index (χ0v) is 13.1. The van der Waals surface area contributed by atoms with Crippen LogP contribution in [0.25, 0.3) is 0 Å². The normalized spacial score (nSPS) is 19.4. The van der Waals surface area contributed by atoms with Crippen LogP contribution in [0.15, 0.2) is 23.1 Å². The van der Waals surface area contributed by atoms with Crippen molar-refractivity contribution in [3.8, 4) is 0 Å². The number of benzene rings is 1. The fraction of sp³-hybridized carbons (Fsp3) is 0.462. The molecule has 0 aliphatic carbocycles. The molecule has 0 unspecified atom stereocenters. The van der Waals surface area contributed by atoms with E-state index in [-0.39, 0.29) is 18.5 Å². The molecule has 1 aromatic rings. The van der Waals surface area contributed by atoms with Gasteiger partial charge in [-0.2, -0.15) is 4.31 Å². The number of hydrogen-bond acceptors (Lipinski definition) is 3. The molecule has 4 nitrogen and oxygen atoms in total. The Hall–Kier alpha value is -1.12. The summed E-state index contributed by atoms with van der Waals surface area (Å²) in [6.45, 7) is 2.29. The summed E-state index contributed by atoms with van der Waals surface area (Å²) in [6.07, 6.45) is 0.953. The zero-order valence-electron chi connectivity index (χ0n) is 11.5. The van der Waals surface area contributed by atoms with E-state index in [2.05, 4.69) is 0 Å². The Balaban J connectivity index is 2.25. The second kappa shape index (κ2) is 5.58. The Morgan fingerprint density at radius 1 is 1.33 bits per heavy atom. The number of hydrogen-bond donors (Lipinski definition) is 1. The first kappa shape index (κ1) is 16.3. The largest absolute Gasteiger partial charge is 0.393 e. The predicted molar refractivity (Wildman–Crippen MR) is 79.2 cm³/mol. The van der Waals surface area contributed by atoms with Crippen molar-refractivity contribution in [2.75, 3.05) is 13.1 Å². The lowest BCUT2D eigenvalue weighted by Gasteiger charge is -2.37. The maximum absolute atomic E-state index is 13.7. The summed E-state index contributed by atoms with van der Waals surface area (Å²) >= 11 is 5.00. The minimum absolute atomic E-state index is 0.201. The first-order valence-electron chi connectivity index (χ1n) is 6.42. The number of piperidine rings is 1. The van der Waals surface area contributed by atoms with Gasteiger partial charge in [-0.25, -0.2) is 17.2 Å². The van der Waals surface area contributed by atoms with Crippen LogP contribution in [0, 0.1) is 17.0 Å². The molecular weight excluding hydrogens is 318 g/mol. The lowest BCUT2D eigenvalue weighted by Crippen LogP contribution is -2.46. The van der Waals surface area contributed by atoms with Gasteiger partial charge in [-0.3, -0.25) is 0 Å². The smallest absolute Gasteiger partial charge is 0.245 e. The Morgan fingerprint density at radius 3 is 2.38 bits per heavy atom. The van der Waals surface area contributed by atoms with E-state index in [4.69, 9.17) is 18.0 Å². The fourth-order valence-corrected chi connectivity index (χ4v) is 3.98. The summed E-state index contributed by atoms with van der Waals surface area (Å²) < 4.78 is 52.6. The van der Waals surface area contributed by atoms with Crippen LogP contribution in [0.1, 0.15) is 19.8 Å². The highest BCUT2D eigenvalue weighted by atomic mass is 32.2. The number of halogens is 2. The predicted octanol–water partition coefficient (Wildman–Crippen LogP) is 2.04. The Labute approximate surface area is 128 Å². The number of nitrogens with two attached hydrogens (primary N) is 1. The third-order valence-electron chi connectivity index (χ3n) is 3.93. The van der Waals surface area contributed by atoms with Crippen LogP contribution in [0.3, 0.4) is 0 Å². The summed E-state index contributed by atoms with van der Waals surface area (Å²) in [5.74, 6) is -1.90. The highest BCUT2D eigenvalue weighted by molar-refractivity contribution is 7.89. The van der Waals surface area contributed by atoms with Crippen molar-refractivity contribution in [2.24, 2.45) is 11.1 Å². The van der Waals surface area contributed by atoms with Gasteiger partial charge in [0.15, 0.2) is 0 Å². The van der Waals surface area contributed by atoms with E-state index >= 15 is 0 Å². The number of sulfonamides is 1. The van der Waals surface area contributed by atoms with E-state index in [0.717, 1.165) is 12.1 Å². The highest BCUT2D eigenvalue weighted by Gasteiger charge is 2.38. The van der Waals surface area contributed by atoms with E-state index < -0.39 is 26.6 Å². The molecule has 0 atom stereocenters. The summed E-state index contributed by atoms with van der Waals surface area (Å²) in [7, 11) is -3.98. The van der Waals surface area contributed by atoms with Crippen molar-refractivity contribution in [2.45, 2.75) is 24.7 Å². The lowest BCUT2D eigenvalue weighted by atomic mass is 9.81. The van der Waals surface area contributed by atoms with Gasteiger partial charge in [-0.05, 0) is 25.0 Å². The molecule has 0 radical (unpaired) electrons. The zero-order chi connectivity index (χ0) is 15.8. The molecule has 2 rings (SSSR count). The minimum atomic E-state index is -3.98. The van der Waals surface area contributed by atoms with Crippen LogP contribution in [0.2, 0.25) is 0 Å². The molecule has 1 aliphatic heterocycles. The molecule has 2 N–H and O–H groups in total. The maximum atomic E-state index is 13.7. The van der Waals surface area contributed by atoms with E-state index in [9.17, 15) is 17.2 Å². The molecule has 1 heterocycles. The molecule has 0 saturated carbocycles. The minimum Gasteiger partial charge on any atom is -0.393 e. The molecule has 8 heteroatoms. The maximum Gasteiger partial charge on any atom is 0.245 e. The van der Waals surface area contributed by atoms with Gasteiger partial charge in [0.1, 0.15) is 16.5 Å². The standard InChI is InChI=1S/C13H16F2N2O2S2/c1-13(12(16)20)4-6-17(7-5-13)21(18,19)11-3-2-9(14)8-10(11)15/h2-3,8H,4-7H2,1H3,(H2,16,20). The highest BCUT2D eigenvalue weighted by Crippen LogP contribution is 2.33. The van der Waals surface area contributed by atoms with Crippen LogP contribution < -0.4 is 5.73 Å². The molecular formula is C13H16F2N2O2S2. The van der Waals surface area contributed by atoms with Crippen molar-refractivity contribution >= 4 is 27.2 Å². The van der Waals surface area contributed by atoms with Crippen molar-refractivity contribution in [3.05, 3.63) is 29.8 Å². The van der Waals surface area contributed by atoms with E-state index in [1.54, 1.807) is 0 Å². The van der Waals surface area contributed by atoms with Crippen LogP contribution in [-0.4, -0.2) is 30.8 Å². The summed E-state index contributed by atoms with van der Waals surface area (Å²) in [5.41, 5.74) is 5.28. The molecule has 1 fully saturated rings. The topological polar surface area (TPSA) is 63.4 Å². The van der Waals surface area contributed by atoms with E-state index in [0.29, 0.717) is 23.9 Å². The molecule has 0 aromatic heterocycles. The number of nitrogens with zero attached hydrogens (tertiary/aromatic N) is 1. The second-order valence-electron chi connectivity index (χ2n) is 5.40. The third-order valence-corrected chi connectivity index (χ3v) is 6.36. The molecule has 1 aliphatic rings. The fourth-order valence-electron chi connectivity index (χ4n) is 2.29. The van der Waals surface area contributed by atoms with Crippen molar-refractivity contribution in [3.63, 3.8) is 0 Å². The second-order valence-corrected chi connectivity index (χ2v) is 7.75. The van der Waals surface area contributed by atoms with Crippen molar-refractivity contribution < 1.29 is 17.2 Å². The molecule has 0 amide bonds. The molecule has 1 aromatic carbocycles. The molecule has 0 spiro atoms. The van der Waals surface area contributed by atoms with Gasteiger partial charge < -0.3 is 5.73 Å². The van der Waals surface area contributed by atoms with Gasteiger partial charge >= 0.3 is 0 Å². The van der Waals surface area contributed by atoms with Gasteiger partial charge in [0.2, 0.25) is 10.0 Å². The summed E-state index contributed by atoms with van der Waals surface area (Å²) in [5, 5.41) is 0. The quantitative estimate of drug-likeness (QED) is 0.859. The van der Waals surface area contributed by atoms with Crippen LogP contribution in [0.4, 0.5) is 8.78 Å². The van der Waals surface area contributed by atoms with Crippen molar-refractivity contribution in [1.29, 1.82) is 0 Å². The molecule has 0 bridgehead atoms. The molecule has 21 heavy (non-hydrogen) atoms. The Morgan fingerprint density at radius 2 is 1.90 bits per heavy atom. The SMILES string of the molecule is CC1(C(N)=S)CCN(S(=O)(=O)c2ccc(F)cc2F)CC1. The van der Waals surface area contributed by atoms with Gasteiger partial charge in [-0.1, -0.05) is 19.1 Å². The third kappa shape index (κ3) is 3.07.